The maximum Gasteiger partial charge on any atom is 0.268 e. The number of azo groups is 1. The Morgan fingerprint density at radius 1 is 1.70 bits per heavy atom. The highest BCUT2D eigenvalue weighted by molar-refractivity contribution is 5.92. The molecule has 0 saturated carbocycles. The average molecular weight is 139 g/mol. The Kier molecular flexibility index (Phi) is 1.31. The van der Waals surface area contributed by atoms with Crippen LogP contribution in [0.1, 0.15) is 13.8 Å². The lowest BCUT2D eigenvalue weighted by molar-refractivity contribution is -0.114. The van der Waals surface area contributed by atoms with Gasteiger partial charge >= 0.3 is 0 Å². The van der Waals surface area contributed by atoms with Crippen molar-refractivity contribution in [3.05, 3.63) is 11.8 Å². The van der Waals surface area contributed by atoms with Crippen LogP contribution >= 0.6 is 0 Å². The minimum absolute atomic E-state index is 0.255. The Balaban J connectivity index is 2.88. The van der Waals surface area contributed by atoms with E-state index < -0.39 is 5.91 Å². The minimum Gasteiger partial charge on any atom is -0.364 e. The van der Waals surface area contributed by atoms with Gasteiger partial charge in [-0.3, -0.25) is 4.79 Å². The van der Waals surface area contributed by atoms with Gasteiger partial charge in [0.25, 0.3) is 5.91 Å². The van der Waals surface area contributed by atoms with Crippen molar-refractivity contribution in [1.82, 2.24) is 0 Å². The second-order valence-electron chi connectivity index (χ2n) is 2.75. The van der Waals surface area contributed by atoms with Crippen molar-refractivity contribution in [3.8, 4) is 0 Å². The molecule has 4 nitrogen and oxygen atoms in total. The van der Waals surface area contributed by atoms with E-state index in [9.17, 15) is 4.79 Å². The third-order valence-corrected chi connectivity index (χ3v) is 1.16. The molecule has 0 radical (unpaired) electrons. The van der Waals surface area contributed by atoms with Crippen LogP contribution in [0.15, 0.2) is 22.0 Å². The van der Waals surface area contributed by atoms with E-state index in [2.05, 4.69) is 10.2 Å². The molecule has 0 aromatic heterocycles. The van der Waals surface area contributed by atoms with Crippen LogP contribution in [0, 0.1) is 0 Å². The summed E-state index contributed by atoms with van der Waals surface area (Å²) in [6, 6.07) is 0. The van der Waals surface area contributed by atoms with Gasteiger partial charge in [0.15, 0.2) is 0 Å². The number of carbonyl (C=O) groups excluding carboxylic acids is 1. The van der Waals surface area contributed by atoms with Gasteiger partial charge in [0.05, 0.1) is 5.54 Å². The maximum atomic E-state index is 10.5. The molecule has 0 spiro atoms. The molecule has 10 heavy (non-hydrogen) atoms. The monoisotopic (exact) mass is 139 g/mol. The Morgan fingerprint density at radius 2 is 2.30 bits per heavy atom. The normalized spacial score (nSPS) is 20.8. The Labute approximate surface area is 58.8 Å². The van der Waals surface area contributed by atoms with Crippen LogP contribution in [0.25, 0.3) is 0 Å². The Bertz CT molecular complexity index is 227. The number of rotatable bonds is 1. The van der Waals surface area contributed by atoms with E-state index >= 15 is 0 Å². The number of primary amides is 1. The lowest BCUT2D eigenvalue weighted by Gasteiger charge is -2.04. The number of nitrogens with two attached hydrogens (primary N) is 1. The Hall–Kier alpha value is -1.19. The molecule has 0 saturated heterocycles. The van der Waals surface area contributed by atoms with Crippen LogP contribution in [0.4, 0.5) is 0 Å². The van der Waals surface area contributed by atoms with Crippen LogP contribution in [0.3, 0.4) is 0 Å². The molecule has 0 atom stereocenters. The molecule has 4 heteroatoms. The number of carbonyl (C=O) groups is 1. The van der Waals surface area contributed by atoms with Crippen molar-refractivity contribution in [1.29, 1.82) is 0 Å². The predicted octanol–water partition coefficient (Wildman–Crippen LogP) is 0.600. The van der Waals surface area contributed by atoms with Gasteiger partial charge in [-0.05, 0) is 19.9 Å². The summed E-state index contributed by atoms with van der Waals surface area (Å²) >= 11 is 0. The van der Waals surface area contributed by atoms with Crippen LogP contribution in [-0.2, 0) is 4.79 Å². The second-order valence-corrected chi connectivity index (χ2v) is 2.75. The van der Waals surface area contributed by atoms with Gasteiger partial charge < -0.3 is 5.73 Å². The molecule has 0 bridgehead atoms. The first-order valence-electron chi connectivity index (χ1n) is 2.97. The van der Waals surface area contributed by atoms with E-state index in [0.29, 0.717) is 0 Å². The lowest BCUT2D eigenvalue weighted by Crippen LogP contribution is -2.13. The molecule has 0 aliphatic carbocycles. The summed E-state index contributed by atoms with van der Waals surface area (Å²) in [7, 11) is 0. The van der Waals surface area contributed by atoms with Crippen LogP contribution in [-0.4, -0.2) is 11.4 Å². The highest BCUT2D eigenvalue weighted by atomic mass is 16.1. The van der Waals surface area contributed by atoms with E-state index in [4.69, 9.17) is 5.73 Å². The van der Waals surface area contributed by atoms with E-state index in [1.54, 1.807) is 6.08 Å². The van der Waals surface area contributed by atoms with E-state index in [-0.39, 0.29) is 11.2 Å². The number of hydrogen-bond donors (Lipinski definition) is 1. The van der Waals surface area contributed by atoms with Crippen LogP contribution < -0.4 is 5.73 Å². The summed E-state index contributed by atoms with van der Waals surface area (Å²) in [6.07, 6.45) is 1.65. The summed E-state index contributed by atoms with van der Waals surface area (Å²) in [5.74, 6) is -0.519. The van der Waals surface area contributed by atoms with Crippen molar-refractivity contribution in [2.75, 3.05) is 0 Å². The molecule has 2 N–H and O–H groups in total. The Morgan fingerprint density at radius 3 is 2.50 bits per heavy atom. The molecule has 1 heterocycles. The zero-order valence-electron chi connectivity index (χ0n) is 5.96. The molecule has 0 fully saturated rings. The van der Waals surface area contributed by atoms with Crippen LogP contribution in [0.2, 0.25) is 0 Å². The lowest BCUT2D eigenvalue weighted by atomic mass is 10.1. The largest absolute Gasteiger partial charge is 0.364 e. The quantitative estimate of drug-likeness (QED) is 0.567. The zero-order chi connectivity index (χ0) is 7.78. The zero-order valence-corrected chi connectivity index (χ0v) is 5.96. The molecule has 1 amide bonds. The minimum atomic E-state index is -0.519. The molecule has 0 aromatic carbocycles. The topological polar surface area (TPSA) is 67.8 Å². The molecule has 1 aliphatic heterocycles. The second kappa shape index (κ2) is 1.90. The van der Waals surface area contributed by atoms with Gasteiger partial charge in [-0.15, -0.1) is 5.11 Å². The number of hydrogen-bond acceptors (Lipinski definition) is 3. The van der Waals surface area contributed by atoms with Gasteiger partial charge in [-0.25, -0.2) is 0 Å². The molecule has 0 unspecified atom stereocenters. The third-order valence-electron chi connectivity index (χ3n) is 1.16. The summed E-state index contributed by atoms with van der Waals surface area (Å²) < 4.78 is 0. The number of nitrogens with zero attached hydrogens (tertiary/aromatic N) is 2. The predicted molar refractivity (Wildman–Crippen MR) is 36.2 cm³/mol. The fourth-order valence-corrected chi connectivity index (χ4v) is 0.695. The smallest absolute Gasteiger partial charge is 0.268 e. The summed E-state index contributed by atoms with van der Waals surface area (Å²) in [5.41, 5.74) is 4.86. The molecule has 54 valence electrons. The summed E-state index contributed by atoms with van der Waals surface area (Å²) in [5, 5.41) is 7.40. The van der Waals surface area contributed by atoms with E-state index in [0.717, 1.165) is 0 Å². The highest BCUT2D eigenvalue weighted by Crippen LogP contribution is 2.21. The number of amides is 1. The first-order chi connectivity index (χ1) is 4.51. The summed E-state index contributed by atoms with van der Waals surface area (Å²) in [4.78, 5) is 10.5. The van der Waals surface area contributed by atoms with Crippen molar-refractivity contribution in [2.24, 2.45) is 16.0 Å². The fraction of sp³-hybridized carbons (Fsp3) is 0.500. The molecular formula is C6H9N3O. The molecule has 1 rings (SSSR count). The first kappa shape index (κ1) is 6.92. The van der Waals surface area contributed by atoms with Crippen molar-refractivity contribution in [3.63, 3.8) is 0 Å². The maximum absolute atomic E-state index is 10.5. The van der Waals surface area contributed by atoms with Crippen molar-refractivity contribution in [2.45, 2.75) is 19.4 Å². The fourth-order valence-electron chi connectivity index (χ4n) is 0.695. The van der Waals surface area contributed by atoms with E-state index in [1.807, 2.05) is 13.8 Å². The SMILES string of the molecule is CC1(C)C=C(C(N)=O)N=N1. The van der Waals surface area contributed by atoms with E-state index in [1.165, 1.54) is 0 Å². The standard InChI is InChI=1S/C6H9N3O/c1-6(2)3-4(5(7)10)8-9-6/h3H,1-2H3,(H2,7,10). The third kappa shape index (κ3) is 1.21. The molecular weight excluding hydrogens is 130 g/mol. The highest BCUT2D eigenvalue weighted by Gasteiger charge is 2.22. The van der Waals surface area contributed by atoms with Crippen LogP contribution in [0.5, 0.6) is 0 Å². The van der Waals surface area contributed by atoms with Gasteiger partial charge in [-0.1, -0.05) is 0 Å². The van der Waals surface area contributed by atoms with Gasteiger partial charge in [0.2, 0.25) is 0 Å². The average Bonchev–Trinajstić information content (AvgIpc) is 2.10. The van der Waals surface area contributed by atoms with Crippen molar-refractivity contribution >= 4 is 5.91 Å². The molecule has 0 aromatic rings. The van der Waals surface area contributed by atoms with Gasteiger partial charge in [-0.2, -0.15) is 5.11 Å². The summed E-state index contributed by atoms with van der Waals surface area (Å²) in [6.45, 7) is 3.71. The first-order valence-corrected chi connectivity index (χ1v) is 2.97. The van der Waals surface area contributed by atoms with Crippen molar-refractivity contribution < 1.29 is 4.79 Å². The molecule has 1 aliphatic rings. The van der Waals surface area contributed by atoms with Gasteiger partial charge in [0.1, 0.15) is 5.70 Å². The van der Waals surface area contributed by atoms with Gasteiger partial charge in [0, 0.05) is 0 Å².